The minimum Gasteiger partial charge on any atom is -0.490 e. The maximum absolute atomic E-state index is 13.1. The number of ether oxygens (including phenoxy) is 2. The Morgan fingerprint density at radius 3 is 2.73 bits per heavy atom. The molecule has 0 aliphatic carbocycles. The number of carbonyl (C=O) groups is 3. The molecule has 1 aromatic rings. The van der Waals surface area contributed by atoms with Crippen LogP contribution in [-0.4, -0.2) is 61.1 Å². The maximum Gasteiger partial charge on any atom is 0.257 e. The topological polar surface area (TPSA) is 97.0 Å². The van der Waals surface area contributed by atoms with E-state index in [1.807, 2.05) is 6.92 Å². The summed E-state index contributed by atoms with van der Waals surface area (Å²) in [5, 5.41) is 5.66. The van der Waals surface area contributed by atoms with Crippen molar-refractivity contribution in [3.05, 3.63) is 23.8 Å². The number of fused-ring (bicyclic) bond motifs is 2. The first-order chi connectivity index (χ1) is 14.4. The molecule has 0 radical (unpaired) electrons. The molecule has 30 heavy (non-hydrogen) atoms. The van der Waals surface area contributed by atoms with Crippen molar-refractivity contribution in [3.8, 4) is 5.75 Å². The van der Waals surface area contributed by atoms with Gasteiger partial charge in [-0.25, -0.2) is 0 Å². The van der Waals surface area contributed by atoms with Crippen molar-refractivity contribution >= 4 is 23.4 Å². The van der Waals surface area contributed by atoms with Crippen molar-refractivity contribution in [1.29, 1.82) is 0 Å². The van der Waals surface area contributed by atoms with E-state index in [9.17, 15) is 14.4 Å². The molecule has 3 atom stereocenters. The Bertz CT molecular complexity index is 797. The van der Waals surface area contributed by atoms with Crippen LogP contribution in [0.1, 0.15) is 56.3 Å². The molecule has 2 N–H and O–H groups in total. The third-order valence-electron chi connectivity index (χ3n) is 5.60. The normalized spacial score (nSPS) is 23.4. The molecular formula is C22H31N3O5. The van der Waals surface area contributed by atoms with Gasteiger partial charge in [-0.2, -0.15) is 0 Å². The predicted molar refractivity (Wildman–Crippen MR) is 113 cm³/mol. The molecule has 1 saturated heterocycles. The van der Waals surface area contributed by atoms with E-state index in [4.69, 9.17) is 9.47 Å². The quantitative estimate of drug-likeness (QED) is 0.741. The Morgan fingerprint density at radius 1 is 1.20 bits per heavy atom. The highest BCUT2D eigenvalue weighted by Crippen LogP contribution is 2.32. The Morgan fingerprint density at radius 2 is 2.00 bits per heavy atom. The van der Waals surface area contributed by atoms with Gasteiger partial charge in [-0.3, -0.25) is 14.4 Å². The van der Waals surface area contributed by atoms with Gasteiger partial charge in [0.05, 0.1) is 24.1 Å². The first-order valence-electron chi connectivity index (χ1n) is 10.7. The van der Waals surface area contributed by atoms with Crippen molar-refractivity contribution in [2.75, 3.05) is 25.5 Å². The van der Waals surface area contributed by atoms with Crippen molar-refractivity contribution in [3.63, 3.8) is 0 Å². The molecule has 0 aromatic heterocycles. The fourth-order valence-corrected chi connectivity index (χ4v) is 3.90. The zero-order chi connectivity index (χ0) is 21.7. The molecule has 2 heterocycles. The van der Waals surface area contributed by atoms with Crippen LogP contribution in [0.25, 0.3) is 0 Å². The summed E-state index contributed by atoms with van der Waals surface area (Å²) in [6.45, 7) is 4.74. The lowest BCUT2D eigenvalue weighted by Gasteiger charge is -2.42. The van der Waals surface area contributed by atoms with Gasteiger partial charge in [0.15, 0.2) is 0 Å². The van der Waals surface area contributed by atoms with Gasteiger partial charge < -0.3 is 25.0 Å². The standard InChI is InChI=1S/C22H31N3O5/c1-4-10-23-21(27)12-15-7-8-17-19(30-15)13-29-18-9-6-14(24-20(26)5-2)11-16(18)22(28)25(17)3/h6,9,11,15,17,19H,4-5,7-8,10,12-13H2,1-3H3,(H,23,27)(H,24,26)/t15-,17+,19-/m1/s1. The zero-order valence-corrected chi connectivity index (χ0v) is 17.9. The van der Waals surface area contributed by atoms with Gasteiger partial charge in [0.1, 0.15) is 18.5 Å². The van der Waals surface area contributed by atoms with E-state index in [-0.39, 0.29) is 36.0 Å². The third kappa shape index (κ3) is 5.11. The SMILES string of the molecule is CCCNC(=O)C[C@H]1CC[C@H]2[C@@H](COc3ccc(NC(=O)CC)cc3C(=O)N2C)O1. The first kappa shape index (κ1) is 22.1. The monoisotopic (exact) mass is 417 g/mol. The van der Waals surface area contributed by atoms with Crippen LogP contribution in [-0.2, 0) is 14.3 Å². The molecule has 164 valence electrons. The molecule has 2 aliphatic heterocycles. The number of hydrogen-bond acceptors (Lipinski definition) is 5. The highest BCUT2D eigenvalue weighted by Gasteiger charge is 2.39. The highest BCUT2D eigenvalue weighted by molar-refractivity contribution is 5.99. The molecule has 1 aromatic carbocycles. The summed E-state index contributed by atoms with van der Waals surface area (Å²) in [5.41, 5.74) is 0.993. The maximum atomic E-state index is 13.1. The average Bonchev–Trinajstić information content (AvgIpc) is 2.75. The fraction of sp³-hybridized carbons (Fsp3) is 0.591. The van der Waals surface area contributed by atoms with E-state index >= 15 is 0 Å². The number of nitrogens with one attached hydrogen (secondary N) is 2. The van der Waals surface area contributed by atoms with Crippen LogP contribution >= 0.6 is 0 Å². The highest BCUT2D eigenvalue weighted by atomic mass is 16.5. The summed E-state index contributed by atoms with van der Waals surface area (Å²) in [4.78, 5) is 38.6. The van der Waals surface area contributed by atoms with E-state index in [0.29, 0.717) is 49.4 Å². The van der Waals surface area contributed by atoms with Crippen LogP contribution in [0.5, 0.6) is 5.75 Å². The minimum atomic E-state index is -0.302. The van der Waals surface area contributed by atoms with Gasteiger partial charge >= 0.3 is 0 Å². The van der Waals surface area contributed by atoms with Crippen molar-refractivity contribution in [2.45, 2.75) is 64.2 Å². The molecule has 0 bridgehead atoms. The van der Waals surface area contributed by atoms with Crippen LogP contribution in [0, 0.1) is 0 Å². The van der Waals surface area contributed by atoms with Gasteiger partial charge in [-0.05, 0) is 37.5 Å². The van der Waals surface area contributed by atoms with Gasteiger partial charge in [-0.1, -0.05) is 13.8 Å². The van der Waals surface area contributed by atoms with Crippen LogP contribution in [0.15, 0.2) is 18.2 Å². The number of benzene rings is 1. The second-order valence-electron chi connectivity index (χ2n) is 7.84. The lowest BCUT2D eigenvalue weighted by molar-refractivity contribution is -0.134. The predicted octanol–water partition coefficient (Wildman–Crippen LogP) is 2.33. The molecule has 2 aliphatic rings. The van der Waals surface area contributed by atoms with Gasteiger partial charge in [0.2, 0.25) is 11.8 Å². The minimum absolute atomic E-state index is 0.0107. The summed E-state index contributed by atoms with van der Waals surface area (Å²) in [5.74, 6) is 0.169. The van der Waals surface area contributed by atoms with Gasteiger partial charge in [-0.15, -0.1) is 0 Å². The number of nitrogens with zero attached hydrogens (tertiary/aromatic N) is 1. The largest absolute Gasteiger partial charge is 0.490 e. The van der Waals surface area contributed by atoms with Crippen LogP contribution in [0.2, 0.25) is 0 Å². The average molecular weight is 418 g/mol. The van der Waals surface area contributed by atoms with Gasteiger partial charge in [0, 0.05) is 25.7 Å². The van der Waals surface area contributed by atoms with Crippen LogP contribution in [0.4, 0.5) is 5.69 Å². The van der Waals surface area contributed by atoms with E-state index in [1.165, 1.54) is 0 Å². The molecule has 8 heteroatoms. The summed E-state index contributed by atoms with van der Waals surface area (Å²) in [7, 11) is 1.77. The van der Waals surface area contributed by atoms with Crippen LogP contribution < -0.4 is 15.4 Å². The number of likely N-dealkylation sites (N-methyl/N-ethyl adjacent to an activating group) is 1. The molecule has 3 amide bonds. The number of carbonyl (C=O) groups excluding carboxylic acids is 3. The van der Waals surface area contributed by atoms with E-state index in [1.54, 1.807) is 37.1 Å². The van der Waals surface area contributed by atoms with E-state index in [2.05, 4.69) is 10.6 Å². The van der Waals surface area contributed by atoms with Crippen molar-refractivity contribution in [1.82, 2.24) is 10.2 Å². The Hall–Kier alpha value is -2.61. The number of anilines is 1. The van der Waals surface area contributed by atoms with Gasteiger partial charge in [0.25, 0.3) is 5.91 Å². The molecule has 0 spiro atoms. The lowest BCUT2D eigenvalue weighted by atomic mass is 9.94. The lowest BCUT2D eigenvalue weighted by Crippen LogP contribution is -2.54. The fourth-order valence-electron chi connectivity index (χ4n) is 3.90. The zero-order valence-electron chi connectivity index (χ0n) is 17.9. The molecule has 0 unspecified atom stereocenters. The number of amides is 3. The first-order valence-corrected chi connectivity index (χ1v) is 10.7. The number of rotatable bonds is 6. The van der Waals surface area contributed by atoms with Crippen molar-refractivity contribution < 1.29 is 23.9 Å². The van der Waals surface area contributed by atoms with E-state index in [0.717, 1.165) is 12.8 Å². The summed E-state index contributed by atoms with van der Waals surface area (Å²) < 4.78 is 12.1. The van der Waals surface area contributed by atoms with Crippen LogP contribution in [0.3, 0.4) is 0 Å². The third-order valence-corrected chi connectivity index (χ3v) is 5.60. The second-order valence-corrected chi connectivity index (χ2v) is 7.84. The summed E-state index contributed by atoms with van der Waals surface area (Å²) >= 11 is 0. The Kier molecular flexibility index (Phi) is 7.31. The number of hydrogen-bond donors (Lipinski definition) is 2. The molecule has 1 fully saturated rings. The summed E-state index contributed by atoms with van der Waals surface area (Å²) in [6, 6.07) is 4.95. The molecule has 3 rings (SSSR count). The molecule has 8 nitrogen and oxygen atoms in total. The molecule has 0 saturated carbocycles. The smallest absolute Gasteiger partial charge is 0.257 e. The Balaban J connectivity index is 1.72. The van der Waals surface area contributed by atoms with E-state index < -0.39 is 0 Å². The summed E-state index contributed by atoms with van der Waals surface area (Å²) in [6.07, 6.45) is 2.54. The second kappa shape index (κ2) is 9.93. The van der Waals surface area contributed by atoms with Crippen molar-refractivity contribution in [2.24, 2.45) is 0 Å². The molecular weight excluding hydrogens is 386 g/mol. The Labute approximate surface area is 177 Å².